The van der Waals surface area contributed by atoms with E-state index >= 15 is 0 Å². The topological polar surface area (TPSA) is 54.9 Å². The molecule has 88 valence electrons. The molecule has 0 aliphatic carbocycles. The number of carbonyl (C=O) groups is 1. The van der Waals surface area contributed by atoms with Crippen molar-refractivity contribution in [1.82, 2.24) is 15.5 Å². The van der Waals surface area contributed by atoms with E-state index in [2.05, 4.69) is 15.5 Å². The lowest BCUT2D eigenvalue weighted by atomic mass is 10.2. The first-order chi connectivity index (χ1) is 8.16. The predicted octanol–water partition coefficient (Wildman–Crippen LogP) is 2.68. The Balaban J connectivity index is 2.04. The molecule has 1 atom stereocenters. The third-order valence-electron chi connectivity index (χ3n) is 2.26. The maximum Gasteiger partial charge on any atom is 0.272 e. The molecule has 2 aromatic heterocycles. The second-order valence-corrected chi connectivity index (χ2v) is 4.66. The van der Waals surface area contributed by atoms with Crippen LogP contribution in [0, 0.1) is 0 Å². The Morgan fingerprint density at radius 2 is 2.24 bits per heavy atom. The van der Waals surface area contributed by atoms with E-state index in [1.165, 1.54) is 0 Å². The van der Waals surface area contributed by atoms with Crippen LogP contribution in [0.3, 0.4) is 0 Å². The van der Waals surface area contributed by atoms with Crippen LogP contribution >= 0.6 is 22.9 Å². The van der Waals surface area contributed by atoms with Gasteiger partial charge in [-0.05, 0) is 41.4 Å². The van der Waals surface area contributed by atoms with Gasteiger partial charge in [0.05, 0.1) is 6.04 Å². The summed E-state index contributed by atoms with van der Waals surface area (Å²) in [4.78, 5) is 11.8. The zero-order valence-electron chi connectivity index (χ0n) is 9.05. The van der Waals surface area contributed by atoms with Gasteiger partial charge < -0.3 is 5.32 Å². The minimum Gasteiger partial charge on any atom is -0.344 e. The number of carbonyl (C=O) groups excluding carboxylic acids is 1. The highest BCUT2D eigenvalue weighted by molar-refractivity contribution is 7.07. The average Bonchev–Trinajstić information content (AvgIpc) is 2.83. The van der Waals surface area contributed by atoms with Crippen molar-refractivity contribution >= 4 is 28.8 Å². The van der Waals surface area contributed by atoms with Crippen molar-refractivity contribution in [2.75, 3.05) is 0 Å². The van der Waals surface area contributed by atoms with Crippen molar-refractivity contribution in [3.8, 4) is 0 Å². The molecule has 0 saturated carbocycles. The number of hydrogen-bond donors (Lipinski definition) is 1. The quantitative estimate of drug-likeness (QED) is 0.930. The fraction of sp³-hybridized carbons (Fsp3) is 0.182. The molecule has 17 heavy (non-hydrogen) atoms. The zero-order chi connectivity index (χ0) is 12.3. The van der Waals surface area contributed by atoms with Crippen LogP contribution in [0.4, 0.5) is 0 Å². The highest BCUT2D eigenvalue weighted by atomic mass is 35.5. The summed E-state index contributed by atoms with van der Waals surface area (Å²) in [7, 11) is 0. The van der Waals surface area contributed by atoms with Gasteiger partial charge in [-0.25, -0.2) is 0 Å². The van der Waals surface area contributed by atoms with Gasteiger partial charge >= 0.3 is 0 Å². The highest BCUT2D eigenvalue weighted by Crippen LogP contribution is 2.15. The Morgan fingerprint density at radius 3 is 2.82 bits per heavy atom. The number of hydrogen-bond acceptors (Lipinski definition) is 4. The number of nitrogens with zero attached hydrogens (tertiary/aromatic N) is 2. The van der Waals surface area contributed by atoms with Crippen LogP contribution in [0.25, 0.3) is 0 Å². The SMILES string of the molecule is CC(NC(=O)c1ccc(Cl)nn1)c1ccsc1. The summed E-state index contributed by atoms with van der Waals surface area (Å²) in [6.45, 7) is 1.92. The number of thiophene rings is 1. The van der Waals surface area contributed by atoms with E-state index in [1.807, 2.05) is 23.8 Å². The minimum absolute atomic E-state index is 0.0498. The molecule has 1 unspecified atom stereocenters. The lowest BCUT2D eigenvalue weighted by Gasteiger charge is -2.11. The molecule has 0 saturated heterocycles. The normalized spacial score (nSPS) is 12.1. The van der Waals surface area contributed by atoms with Crippen molar-refractivity contribution in [1.29, 1.82) is 0 Å². The smallest absolute Gasteiger partial charge is 0.272 e. The largest absolute Gasteiger partial charge is 0.344 e. The first-order valence-electron chi connectivity index (χ1n) is 4.99. The minimum atomic E-state index is -0.257. The van der Waals surface area contributed by atoms with Crippen LogP contribution < -0.4 is 5.32 Å². The van der Waals surface area contributed by atoms with Gasteiger partial charge in [0.2, 0.25) is 0 Å². The molecule has 0 aliphatic rings. The number of halogens is 1. The van der Waals surface area contributed by atoms with Gasteiger partial charge in [-0.1, -0.05) is 11.6 Å². The first-order valence-corrected chi connectivity index (χ1v) is 6.31. The summed E-state index contributed by atoms with van der Waals surface area (Å²) in [5.74, 6) is -0.257. The van der Waals surface area contributed by atoms with Crippen LogP contribution in [0.1, 0.15) is 29.0 Å². The Kier molecular flexibility index (Phi) is 3.71. The fourth-order valence-corrected chi connectivity index (χ4v) is 2.17. The van der Waals surface area contributed by atoms with Crippen molar-refractivity contribution in [3.05, 3.63) is 45.4 Å². The van der Waals surface area contributed by atoms with Gasteiger partial charge in [0, 0.05) is 0 Å². The van der Waals surface area contributed by atoms with Crippen molar-refractivity contribution in [2.45, 2.75) is 13.0 Å². The van der Waals surface area contributed by atoms with Crippen molar-refractivity contribution in [3.63, 3.8) is 0 Å². The second kappa shape index (κ2) is 5.25. The molecule has 1 amide bonds. The second-order valence-electron chi connectivity index (χ2n) is 3.49. The van der Waals surface area contributed by atoms with Crippen LogP contribution in [0.2, 0.25) is 5.15 Å². The van der Waals surface area contributed by atoms with Gasteiger partial charge in [-0.3, -0.25) is 4.79 Å². The fourth-order valence-electron chi connectivity index (χ4n) is 1.31. The summed E-state index contributed by atoms with van der Waals surface area (Å²) in [6, 6.07) is 5.01. The molecule has 6 heteroatoms. The molecule has 0 aliphatic heterocycles. The number of nitrogens with one attached hydrogen (secondary N) is 1. The van der Waals surface area contributed by atoms with Crippen LogP contribution in [0.15, 0.2) is 29.0 Å². The van der Waals surface area contributed by atoms with Crippen LogP contribution in [-0.2, 0) is 0 Å². The van der Waals surface area contributed by atoms with Gasteiger partial charge in [0.15, 0.2) is 10.8 Å². The Morgan fingerprint density at radius 1 is 1.41 bits per heavy atom. The van der Waals surface area contributed by atoms with Gasteiger partial charge in [-0.15, -0.1) is 10.2 Å². The van der Waals surface area contributed by atoms with E-state index in [4.69, 9.17) is 11.6 Å². The van der Waals surface area contributed by atoms with E-state index in [-0.39, 0.29) is 22.8 Å². The summed E-state index contributed by atoms with van der Waals surface area (Å²) >= 11 is 7.20. The maximum atomic E-state index is 11.8. The molecule has 1 N–H and O–H groups in total. The van der Waals surface area contributed by atoms with Gasteiger partial charge in [0.1, 0.15) is 0 Å². The molecule has 2 heterocycles. The van der Waals surface area contributed by atoms with Crippen LogP contribution in [0.5, 0.6) is 0 Å². The van der Waals surface area contributed by atoms with E-state index in [9.17, 15) is 4.79 Å². The van der Waals surface area contributed by atoms with Crippen molar-refractivity contribution in [2.24, 2.45) is 0 Å². The molecule has 0 radical (unpaired) electrons. The Labute approximate surface area is 108 Å². The standard InChI is InChI=1S/C11H10ClN3OS/c1-7(8-4-5-17-6-8)13-11(16)9-2-3-10(12)15-14-9/h2-7H,1H3,(H,13,16). The summed E-state index contributed by atoms with van der Waals surface area (Å²) in [5, 5.41) is 14.4. The van der Waals surface area contributed by atoms with E-state index < -0.39 is 0 Å². The summed E-state index contributed by atoms with van der Waals surface area (Å²) < 4.78 is 0. The molecule has 2 rings (SSSR count). The molecular formula is C11H10ClN3OS. The third kappa shape index (κ3) is 3.01. The first kappa shape index (κ1) is 12.0. The monoisotopic (exact) mass is 267 g/mol. The average molecular weight is 268 g/mol. The van der Waals surface area contributed by atoms with E-state index in [1.54, 1.807) is 23.5 Å². The zero-order valence-corrected chi connectivity index (χ0v) is 10.6. The summed E-state index contributed by atoms with van der Waals surface area (Å²) in [6.07, 6.45) is 0. The molecule has 0 aromatic carbocycles. The molecular weight excluding hydrogens is 258 g/mol. The maximum absolute atomic E-state index is 11.8. The molecule has 2 aromatic rings. The lowest BCUT2D eigenvalue weighted by Crippen LogP contribution is -2.27. The lowest BCUT2D eigenvalue weighted by molar-refractivity contribution is 0.0934. The van der Waals surface area contributed by atoms with Crippen LogP contribution in [-0.4, -0.2) is 16.1 Å². The third-order valence-corrected chi connectivity index (χ3v) is 3.16. The molecule has 0 bridgehead atoms. The Hall–Kier alpha value is -1.46. The predicted molar refractivity (Wildman–Crippen MR) is 67.2 cm³/mol. The molecule has 0 fully saturated rings. The number of aromatic nitrogens is 2. The molecule has 0 spiro atoms. The van der Waals surface area contributed by atoms with Crippen molar-refractivity contribution < 1.29 is 4.79 Å². The number of rotatable bonds is 3. The molecule has 4 nitrogen and oxygen atoms in total. The van der Waals surface area contributed by atoms with Gasteiger partial charge in [0.25, 0.3) is 5.91 Å². The highest BCUT2D eigenvalue weighted by Gasteiger charge is 2.13. The summed E-state index contributed by atoms with van der Waals surface area (Å²) in [5.41, 5.74) is 1.33. The van der Waals surface area contributed by atoms with Gasteiger partial charge in [-0.2, -0.15) is 11.3 Å². The van der Waals surface area contributed by atoms with E-state index in [0.29, 0.717) is 0 Å². The van der Waals surface area contributed by atoms with E-state index in [0.717, 1.165) is 5.56 Å². The Bertz CT molecular complexity index is 498. The number of amides is 1.